The van der Waals surface area contributed by atoms with Crippen molar-refractivity contribution in [3.05, 3.63) is 0 Å². The first kappa shape index (κ1) is 8.48. The molecule has 0 bridgehead atoms. The van der Waals surface area contributed by atoms with E-state index in [9.17, 15) is 5.11 Å². The van der Waals surface area contributed by atoms with E-state index in [1.807, 2.05) is 0 Å². The third-order valence-corrected chi connectivity index (χ3v) is 2.73. The van der Waals surface area contributed by atoms with Gasteiger partial charge in [0.25, 0.3) is 0 Å². The summed E-state index contributed by atoms with van der Waals surface area (Å²) in [5.41, 5.74) is 0. The molecule has 3 heteroatoms. The highest BCUT2D eigenvalue weighted by molar-refractivity contribution is 4.80. The van der Waals surface area contributed by atoms with E-state index < -0.39 is 0 Å². The first-order valence-electron chi connectivity index (χ1n) is 4.79. The summed E-state index contributed by atoms with van der Waals surface area (Å²) in [5, 5.41) is 9.58. The number of rotatable bonds is 1. The molecule has 0 amide bonds. The van der Waals surface area contributed by atoms with Crippen LogP contribution in [0, 0.1) is 5.92 Å². The SMILES string of the molecule is O[C@@H]1CCC[C@H]1C1OCCCO1. The van der Waals surface area contributed by atoms with Crippen LogP contribution < -0.4 is 0 Å². The van der Waals surface area contributed by atoms with Crippen LogP contribution in [-0.2, 0) is 9.47 Å². The summed E-state index contributed by atoms with van der Waals surface area (Å²) in [5.74, 6) is 0.227. The highest BCUT2D eigenvalue weighted by Crippen LogP contribution is 2.31. The summed E-state index contributed by atoms with van der Waals surface area (Å²) in [6.07, 6.45) is 3.72. The van der Waals surface area contributed by atoms with Crippen molar-refractivity contribution >= 4 is 0 Å². The van der Waals surface area contributed by atoms with Crippen molar-refractivity contribution in [1.29, 1.82) is 0 Å². The van der Waals surface area contributed by atoms with Crippen LogP contribution in [0.25, 0.3) is 0 Å². The van der Waals surface area contributed by atoms with E-state index in [4.69, 9.17) is 9.47 Å². The minimum atomic E-state index is -0.201. The van der Waals surface area contributed by atoms with Crippen molar-refractivity contribution in [2.75, 3.05) is 13.2 Å². The Kier molecular flexibility index (Phi) is 2.63. The number of aliphatic hydroxyl groups excluding tert-OH is 1. The zero-order chi connectivity index (χ0) is 8.39. The molecule has 0 radical (unpaired) electrons. The highest BCUT2D eigenvalue weighted by atomic mass is 16.7. The van der Waals surface area contributed by atoms with E-state index in [2.05, 4.69) is 0 Å². The number of hydrogen-bond acceptors (Lipinski definition) is 3. The summed E-state index contributed by atoms with van der Waals surface area (Å²) < 4.78 is 10.9. The molecule has 2 aliphatic rings. The first-order chi connectivity index (χ1) is 5.88. The molecule has 0 spiro atoms. The molecule has 0 unspecified atom stereocenters. The summed E-state index contributed by atoms with van der Waals surface area (Å²) in [6, 6.07) is 0. The lowest BCUT2D eigenvalue weighted by Crippen LogP contribution is -2.36. The van der Waals surface area contributed by atoms with Crippen LogP contribution in [0.2, 0.25) is 0 Å². The van der Waals surface area contributed by atoms with Crippen LogP contribution in [-0.4, -0.2) is 30.7 Å². The molecule has 0 aromatic heterocycles. The molecule has 2 rings (SSSR count). The molecule has 1 saturated carbocycles. The van der Waals surface area contributed by atoms with Crippen molar-refractivity contribution in [3.8, 4) is 0 Å². The molecule has 1 aliphatic carbocycles. The summed E-state index contributed by atoms with van der Waals surface area (Å²) in [4.78, 5) is 0. The van der Waals surface area contributed by atoms with Gasteiger partial charge in [-0.3, -0.25) is 0 Å². The van der Waals surface area contributed by atoms with Gasteiger partial charge in [-0.2, -0.15) is 0 Å². The van der Waals surface area contributed by atoms with E-state index >= 15 is 0 Å². The third-order valence-electron chi connectivity index (χ3n) is 2.73. The maximum absolute atomic E-state index is 9.58. The quantitative estimate of drug-likeness (QED) is 0.639. The fourth-order valence-electron chi connectivity index (χ4n) is 2.04. The fourth-order valence-corrected chi connectivity index (χ4v) is 2.04. The summed E-state index contributed by atoms with van der Waals surface area (Å²) in [7, 11) is 0. The molecule has 3 nitrogen and oxygen atoms in total. The molecule has 1 N–H and O–H groups in total. The van der Waals surface area contributed by atoms with Crippen LogP contribution in [0.15, 0.2) is 0 Å². The Morgan fingerprint density at radius 2 is 1.75 bits per heavy atom. The zero-order valence-corrected chi connectivity index (χ0v) is 7.24. The maximum Gasteiger partial charge on any atom is 0.162 e. The van der Waals surface area contributed by atoms with Gasteiger partial charge >= 0.3 is 0 Å². The Bertz CT molecular complexity index is 143. The Labute approximate surface area is 72.7 Å². The minimum absolute atomic E-state index is 0.128. The van der Waals surface area contributed by atoms with Crippen molar-refractivity contribution in [2.45, 2.75) is 38.1 Å². The van der Waals surface area contributed by atoms with Crippen LogP contribution in [0.5, 0.6) is 0 Å². The minimum Gasteiger partial charge on any atom is -0.393 e. The molecular formula is C9H16O3. The van der Waals surface area contributed by atoms with E-state index in [0.29, 0.717) is 0 Å². The van der Waals surface area contributed by atoms with E-state index in [0.717, 1.165) is 38.9 Å². The van der Waals surface area contributed by atoms with Gasteiger partial charge in [-0.1, -0.05) is 6.42 Å². The van der Waals surface area contributed by atoms with E-state index in [1.54, 1.807) is 0 Å². The molecule has 0 aromatic carbocycles. The van der Waals surface area contributed by atoms with Crippen LogP contribution in [0.1, 0.15) is 25.7 Å². The highest BCUT2D eigenvalue weighted by Gasteiger charge is 2.34. The normalized spacial score (nSPS) is 38.8. The molecule has 2 fully saturated rings. The largest absolute Gasteiger partial charge is 0.393 e. The van der Waals surface area contributed by atoms with Gasteiger partial charge in [0, 0.05) is 5.92 Å². The van der Waals surface area contributed by atoms with Gasteiger partial charge < -0.3 is 14.6 Å². The fraction of sp³-hybridized carbons (Fsp3) is 1.00. The van der Waals surface area contributed by atoms with Crippen molar-refractivity contribution in [1.82, 2.24) is 0 Å². The molecule has 70 valence electrons. The van der Waals surface area contributed by atoms with Gasteiger partial charge in [0.05, 0.1) is 19.3 Å². The van der Waals surface area contributed by atoms with Crippen molar-refractivity contribution in [2.24, 2.45) is 5.92 Å². The standard InChI is InChI=1S/C9H16O3/c10-8-4-1-3-7(8)9-11-5-2-6-12-9/h7-10H,1-6H2/t7-,8-/m1/s1. The number of ether oxygens (including phenoxy) is 2. The Balaban J connectivity index is 1.89. The predicted molar refractivity (Wildman–Crippen MR) is 43.7 cm³/mol. The Hall–Kier alpha value is -0.120. The third kappa shape index (κ3) is 1.63. The lowest BCUT2D eigenvalue weighted by Gasteiger charge is -2.29. The monoisotopic (exact) mass is 172 g/mol. The summed E-state index contributed by atoms with van der Waals surface area (Å²) >= 11 is 0. The second kappa shape index (κ2) is 3.73. The predicted octanol–water partition coefficient (Wildman–Crippen LogP) is 0.910. The van der Waals surface area contributed by atoms with E-state index in [-0.39, 0.29) is 18.3 Å². The number of aliphatic hydroxyl groups is 1. The molecule has 1 aliphatic heterocycles. The second-order valence-electron chi connectivity index (χ2n) is 3.63. The molecule has 1 heterocycles. The van der Waals surface area contributed by atoms with Crippen molar-refractivity contribution in [3.63, 3.8) is 0 Å². The lowest BCUT2D eigenvalue weighted by molar-refractivity contribution is -0.215. The average molecular weight is 172 g/mol. The molecule has 12 heavy (non-hydrogen) atoms. The lowest BCUT2D eigenvalue weighted by atomic mass is 10.1. The second-order valence-corrected chi connectivity index (χ2v) is 3.63. The maximum atomic E-state index is 9.58. The van der Waals surface area contributed by atoms with Gasteiger partial charge in [-0.15, -0.1) is 0 Å². The first-order valence-corrected chi connectivity index (χ1v) is 4.79. The zero-order valence-electron chi connectivity index (χ0n) is 7.24. The van der Waals surface area contributed by atoms with Crippen LogP contribution in [0.4, 0.5) is 0 Å². The average Bonchev–Trinajstić information content (AvgIpc) is 2.53. The topological polar surface area (TPSA) is 38.7 Å². The van der Waals surface area contributed by atoms with E-state index in [1.165, 1.54) is 0 Å². The van der Waals surface area contributed by atoms with Gasteiger partial charge in [-0.25, -0.2) is 0 Å². The Morgan fingerprint density at radius 1 is 1.00 bits per heavy atom. The van der Waals surface area contributed by atoms with Crippen molar-refractivity contribution < 1.29 is 14.6 Å². The van der Waals surface area contributed by atoms with Gasteiger partial charge in [0.15, 0.2) is 6.29 Å². The molecule has 0 aromatic rings. The van der Waals surface area contributed by atoms with Gasteiger partial charge in [0.1, 0.15) is 0 Å². The Morgan fingerprint density at radius 3 is 2.33 bits per heavy atom. The molecule has 2 atom stereocenters. The van der Waals surface area contributed by atoms with Gasteiger partial charge in [0.2, 0.25) is 0 Å². The number of hydrogen-bond donors (Lipinski definition) is 1. The van der Waals surface area contributed by atoms with Crippen LogP contribution >= 0.6 is 0 Å². The molecule has 1 saturated heterocycles. The molecular weight excluding hydrogens is 156 g/mol. The van der Waals surface area contributed by atoms with Crippen LogP contribution in [0.3, 0.4) is 0 Å². The smallest absolute Gasteiger partial charge is 0.162 e. The summed E-state index contributed by atoms with van der Waals surface area (Å²) in [6.45, 7) is 1.57. The van der Waals surface area contributed by atoms with Gasteiger partial charge in [-0.05, 0) is 19.3 Å².